The first-order valence-electron chi connectivity index (χ1n) is 6.92. The molecule has 3 nitrogen and oxygen atoms in total. The number of benzene rings is 1. The average Bonchev–Trinajstić information content (AvgIpc) is 2.40. The number of hydrogen-bond acceptors (Lipinski definition) is 3. The lowest BCUT2D eigenvalue weighted by Crippen LogP contribution is -2.48. The molecule has 1 N–H and O–H groups in total. The highest BCUT2D eigenvalue weighted by Crippen LogP contribution is 2.22. The molecule has 1 fully saturated rings. The van der Waals surface area contributed by atoms with E-state index in [-0.39, 0.29) is 0 Å². The molecule has 1 aromatic rings. The smallest absolute Gasteiger partial charge is 0.0673 e. The highest BCUT2D eigenvalue weighted by atomic mass is 16.5. The Morgan fingerprint density at radius 1 is 1.39 bits per heavy atom. The lowest BCUT2D eigenvalue weighted by molar-refractivity contribution is 0.0267. The maximum atomic E-state index is 5.67. The minimum Gasteiger partial charge on any atom is -0.377 e. The van der Waals surface area contributed by atoms with Gasteiger partial charge in [0.2, 0.25) is 0 Å². The molecule has 1 aliphatic rings. The molecule has 3 heteroatoms. The summed E-state index contributed by atoms with van der Waals surface area (Å²) in [4.78, 5) is 2.53. The number of piperazine rings is 1. The van der Waals surface area contributed by atoms with E-state index in [4.69, 9.17) is 4.74 Å². The average molecular weight is 248 g/mol. The Morgan fingerprint density at radius 3 is 2.89 bits per heavy atom. The van der Waals surface area contributed by atoms with Gasteiger partial charge in [-0.3, -0.25) is 4.90 Å². The molecule has 0 amide bonds. The van der Waals surface area contributed by atoms with Crippen molar-refractivity contribution in [1.82, 2.24) is 10.2 Å². The molecule has 0 saturated carbocycles. The summed E-state index contributed by atoms with van der Waals surface area (Å²) >= 11 is 0. The van der Waals surface area contributed by atoms with Crippen molar-refractivity contribution in [3.63, 3.8) is 0 Å². The fraction of sp³-hybridized carbons (Fsp3) is 0.600. The van der Waals surface area contributed by atoms with Gasteiger partial charge < -0.3 is 10.1 Å². The van der Waals surface area contributed by atoms with Gasteiger partial charge in [0.05, 0.1) is 6.10 Å². The van der Waals surface area contributed by atoms with E-state index >= 15 is 0 Å². The summed E-state index contributed by atoms with van der Waals surface area (Å²) < 4.78 is 5.67. The zero-order valence-electron chi connectivity index (χ0n) is 11.4. The Kier molecular flexibility index (Phi) is 5.17. The lowest BCUT2D eigenvalue weighted by Gasteiger charge is -2.37. The molecule has 2 rings (SSSR count). The quantitative estimate of drug-likeness (QED) is 0.863. The van der Waals surface area contributed by atoms with Crippen LogP contribution >= 0.6 is 0 Å². The van der Waals surface area contributed by atoms with Gasteiger partial charge in [-0.1, -0.05) is 30.3 Å². The van der Waals surface area contributed by atoms with Crippen molar-refractivity contribution in [3.8, 4) is 0 Å². The van der Waals surface area contributed by atoms with E-state index in [9.17, 15) is 0 Å². The fourth-order valence-corrected chi connectivity index (χ4v) is 2.64. The molecular formula is C15H24N2O. The van der Waals surface area contributed by atoms with Crippen LogP contribution in [0.1, 0.15) is 25.5 Å². The maximum Gasteiger partial charge on any atom is 0.0673 e. The molecule has 0 bridgehead atoms. The van der Waals surface area contributed by atoms with Gasteiger partial charge in [-0.05, 0) is 19.4 Å². The molecule has 1 aromatic carbocycles. The van der Waals surface area contributed by atoms with Crippen molar-refractivity contribution in [1.29, 1.82) is 0 Å². The first-order valence-corrected chi connectivity index (χ1v) is 6.92. The van der Waals surface area contributed by atoms with Crippen LogP contribution in [-0.2, 0) is 4.74 Å². The van der Waals surface area contributed by atoms with Gasteiger partial charge >= 0.3 is 0 Å². The van der Waals surface area contributed by atoms with Crippen LogP contribution in [0.5, 0.6) is 0 Å². The van der Waals surface area contributed by atoms with Crippen molar-refractivity contribution < 1.29 is 4.74 Å². The van der Waals surface area contributed by atoms with E-state index in [0.717, 1.165) is 32.8 Å². The Bertz CT molecular complexity index is 342. The topological polar surface area (TPSA) is 24.5 Å². The molecular weight excluding hydrogens is 224 g/mol. The van der Waals surface area contributed by atoms with Crippen molar-refractivity contribution in [2.24, 2.45) is 0 Å². The van der Waals surface area contributed by atoms with Gasteiger partial charge in [0, 0.05) is 38.8 Å². The number of nitrogens with one attached hydrogen (secondary N) is 1. The zero-order valence-corrected chi connectivity index (χ0v) is 11.4. The molecule has 0 aromatic heterocycles. The van der Waals surface area contributed by atoms with Gasteiger partial charge in [-0.15, -0.1) is 0 Å². The Balaban J connectivity index is 2.02. The lowest BCUT2D eigenvalue weighted by atomic mass is 10.0. The van der Waals surface area contributed by atoms with Gasteiger partial charge in [0.25, 0.3) is 0 Å². The van der Waals surface area contributed by atoms with Gasteiger partial charge in [-0.25, -0.2) is 0 Å². The van der Waals surface area contributed by atoms with Crippen molar-refractivity contribution >= 4 is 0 Å². The molecule has 0 aliphatic carbocycles. The van der Waals surface area contributed by atoms with Crippen molar-refractivity contribution in [2.45, 2.75) is 26.0 Å². The van der Waals surface area contributed by atoms with E-state index in [1.807, 2.05) is 0 Å². The molecule has 2 unspecified atom stereocenters. The molecule has 1 heterocycles. The predicted molar refractivity (Wildman–Crippen MR) is 74.7 cm³/mol. The zero-order chi connectivity index (χ0) is 12.8. The SMILES string of the molecule is CCOC(C)CN1CCNCC1c1ccccc1. The molecule has 1 aliphatic heterocycles. The van der Waals surface area contributed by atoms with Crippen LogP contribution in [0.25, 0.3) is 0 Å². The summed E-state index contributed by atoms with van der Waals surface area (Å²) in [7, 11) is 0. The Hall–Kier alpha value is -0.900. The molecule has 100 valence electrons. The summed E-state index contributed by atoms with van der Waals surface area (Å²) in [5, 5.41) is 3.49. The second-order valence-electron chi connectivity index (χ2n) is 4.89. The van der Waals surface area contributed by atoms with E-state index in [1.54, 1.807) is 0 Å². The first-order chi connectivity index (χ1) is 8.81. The standard InChI is InChI=1S/C15H24N2O/c1-3-18-13(2)12-17-10-9-16-11-15(17)14-7-5-4-6-8-14/h4-8,13,15-16H,3,9-12H2,1-2H3. The van der Waals surface area contributed by atoms with Gasteiger partial charge in [0.1, 0.15) is 0 Å². The van der Waals surface area contributed by atoms with Crippen LogP contribution in [0.2, 0.25) is 0 Å². The van der Waals surface area contributed by atoms with Crippen LogP contribution in [0.4, 0.5) is 0 Å². The Labute approximate surface area is 110 Å². The van der Waals surface area contributed by atoms with Crippen molar-refractivity contribution in [3.05, 3.63) is 35.9 Å². The van der Waals surface area contributed by atoms with Crippen LogP contribution in [0.3, 0.4) is 0 Å². The summed E-state index contributed by atoms with van der Waals surface area (Å²) in [6.45, 7) is 9.22. The second kappa shape index (κ2) is 6.88. The predicted octanol–water partition coefficient (Wildman–Crippen LogP) is 2.06. The van der Waals surface area contributed by atoms with Crippen LogP contribution in [0.15, 0.2) is 30.3 Å². The van der Waals surface area contributed by atoms with E-state index in [0.29, 0.717) is 12.1 Å². The monoisotopic (exact) mass is 248 g/mol. The van der Waals surface area contributed by atoms with Crippen molar-refractivity contribution in [2.75, 3.05) is 32.8 Å². The minimum atomic E-state index is 0.305. The fourth-order valence-electron chi connectivity index (χ4n) is 2.64. The van der Waals surface area contributed by atoms with Crippen LogP contribution in [-0.4, -0.2) is 43.8 Å². The second-order valence-corrected chi connectivity index (χ2v) is 4.89. The molecule has 0 radical (unpaired) electrons. The molecule has 1 saturated heterocycles. The minimum absolute atomic E-state index is 0.305. The number of ether oxygens (including phenoxy) is 1. The van der Waals surface area contributed by atoms with Gasteiger partial charge in [-0.2, -0.15) is 0 Å². The maximum absolute atomic E-state index is 5.67. The molecule has 18 heavy (non-hydrogen) atoms. The largest absolute Gasteiger partial charge is 0.377 e. The number of rotatable bonds is 5. The summed E-state index contributed by atoms with van der Waals surface area (Å²) in [6.07, 6.45) is 0.305. The third-order valence-corrected chi connectivity index (χ3v) is 3.48. The van der Waals surface area contributed by atoms with E-state index < -0.39 is 0 Å². The highest BCUT2D eigenvalue weighted by molar-refractivity contribution is 5.20. The number of nitrogens with zero attached hydrogens (tertiary/aromatic N) is 1. The highest BCUT2D eigenvalue weighted by Gasteiger charge is 2.24. The first kappa shape index (κ1) is 13.5. The number of hydrogen-bond donors (Lipinski definition) is 1. The Morgan fingerprint density at radius 2 is 2.17 bits per heavy atom. The van der Waals surface area contributed by atoms with Crippen LogP contribution < -0.4 is 5.32 Å². The van der Waals surface area contributed by atoms with E-state index in [1.165, 1.54) is 5.56 Å². The normalized spacial score (nSPS) is 22.9. The molecule has 0 spiro atoms. The van der Waals surface area contributed by atoms with E-state index in [2.05, 4.69) is 54.4 Å². The van der Waals surface area contributed by atoms with Crippen LogP contribution in [0, 0.1) is 0 Å². The molecule has 2 atom stereocenters. The summed E-state index contributed by atoms with van der Waals surface area (Å²) in [5.74, 6) is 0. The summed E-state index contributed by atoms with van der Waals surface area (Å²) in [6, 6.07) is 11.2. The van der Waals surface area contributed by atoms with Gasteiger partial charge in [0.15, 0.2) is 0 Å². The summed E-state index contributed by atoms with van der Waals surface area (Å²) in [5.41, 5.74) is 1.40. The third kappa shape index (κ3) is 3.55. The third-order valence-electron chi connectivity index (χ3n) is 3.48.